The number of piperidine rings is 1. The Bertz CT molecular complexity index is 1240. The number of benzene rings is 2. The van der Waals surface area contributed by atoms with Crippen LogP contribution in [0.15, 0.2) is 97.8 Å². The summed E-state index contributed by atoms with van der Waals surface area (Å²) < 4.78 is 5.64. The number of anilines is 1. The first kappa shape index (κ1) is 29.8. The molecule has 1 aromatic heterocycles. The van der Waals surface area contributed by atoms with Gasteiger partial charge in [-0.05, 0) is 80.2 Å². The molecule has 2 aliphatic rings. The van der Waals surface area contributed by atoms with E-state index in [1.165, 1.54) is 11.3 Å². The first-order valence-electron chi connectivity index (χ1n) is 15.6. The van der Waals surface area contributed by atoms with Crippen LogP contribution in [-0.4, -0.2) is 66.2 Å². The maximum Gasteiger partial charge on any atom is 0.410 e. The Morgan fingerprint density at radius 2 is 1.67 bits per heavy atom. The zero-order valence-electron chi connectivity index (χ0n) is 25.1. The van der Waals surface area contributed by atoms with Gasteiger partial charge in [0, 0.05) is 45.0 Å². The average Bonchev–Trinajstić information content (AvgIpc) is 3.06. The summed E-state index contributed by atoms with van der Waals surface area (Å²) in [7, 11) is 1.90. The highest BCUT2D eigenvalue weighted by atomic mass is 16.6. The van der Waals surface area contributed by atoms with Gasteiger partial charge in [0.2, 0.25) is 0 Å². The van der Waals surface area contributed by atoms with E-state index < -0.39 is 0 Å². The molecular formula is C36H46N4O2. The largest absolute Gasteiger partial charge is 0.445 e. The van der Waals surface area contributed by atoms with Gasteiger partial charge in [-0.1, -0.05) is 66.7 Å². The topological polar surface area (TPSA) is 48.9 Å². The number of hydrogen-bond donors (Lipinski definition) is 0. The lowest BCUT2D eigenvalue weighted by molar-refractivity contribution is 0.0731. The molecule has 1 amide bonds. The molecule has 0 N–H and O–H groups in total. The number of carbonyl (C=O) groups is 1. The molecule has 0 bridgehead atoms. The summed E-state index contributed by atoms with van der Waals surface area (Å²) in [4.78, 5) is 24.2. The summed E-state index contributed by atoms with van der Waals surface area (Å²) >= 11 is 0. The summed E-state index contributed by atoms with van der Waals surface area (Å²) in [6, 6.07) is 25.9. The Labute approximate surface area is 252 Å². The molecule has 1 saturated heterocycles. The average molecular weight is 567 g/mol. The second-order valence-corrected chi connectivity index (χ2v) is 12.0. The van der Waals surface area contributed by atoms with Crippen LogP contribution < -0.4 is 4.90 Å². The summed E-state index contributed by atoms with van der Waals surface area (Å²) in [6.07, 6.45) is 13.2. The molecule has 0 radical (unpaired) electrons. The zero-order valence-corrected chi connectivity index (χ0v) is 25.1. The standard InChI is InChI=1S/C36H46N4O2/c1-3-24-40(34-15-10-23-37-28-34)33-18-25-39(26-19-33)27-22-36(31-13-8-5-9-14-31)20-16-32(17-21-36)38(2)35(41)42-29-30-11-6-4-7-12-30/h3-15,23,28,32-33H,1,16-22,24-27,29H2,2H3. The predicted octanol–water partition coefficient (Wildman–Crippen LogP) is 7.08. The molecule has 2 aromatic carbocycles. The second kappa shape index (κ2) is 14.5. The molecule has 1 aliphatic carbocycles. The molecular weight excluding hydrogens is 520 g/mol. The fraction of sp³-hybridized carbons (Fsp3) is 0.444. The van der Waals surface area contributed by atoms with Crippen molar-refractivity contribution >= 4 is 11.8 Å². The van der Waals surface area contributed by atoms with E-state index in [4.69, 9.17) is 4.74 Å². The zero-order chi connectivity index (χ0) is 29.2. The van der Waals surface area contributed by atoms with Gasteiger partial charge in [-0.3, -0.25) is 4.98 Å². The SMILES string of the molecule is C=CCN(c1cccnc1)C1CCN(CCC2(c3ccccc3)CCC(N(C)C(=O)OCc3ccccc3)CC2)CC1. The Morgan fingerprint density at radius 1 is 0.976 bits per heavy atom. The number of hydrogen-bond acceptors (Lipinski definition) is 5. The quantitative estimate of drug-likeness (QED) is 0.232. The van der Waals surface area contributed by atoms with Gasteiger partial charge in [0.05, 0.1) is 11.9 Å². The molecule has 1 aliphatic heterocycles. The first-order valence-corrected chi connectivity index (χ1v) is 15.6. The lowest BCUT2D eigenvalue weighted by Gasteiger charge is -2.45. The van der Waals surface area contributed by atoms with E-state index >= 15 is 0 Å². The Hall–Kier alpha value is -3.64. The number of amides is 1. The van der Waals surface area contributed by atoms with Crippen molar-refractivity contribution in [3.63, 3.8) is 0 Å². The molecule has 222 valence electrons. The predicted molar refractivity (Wildman–Crippen MR) is 171 cm³/mol. The summed E-state index contributed by atoms with van der Waals surface area (Å²) in [5.41, 5.74) is 3.79. The maximum absolute atomic E-state index is 12.9. The number of likely N-dealkylation sites (tertiary alicyclic amines) is 1. The number of nitrogens with zero attached hydrogens (tertiary/aromatic N) is 4. The molecule has 1 saturated carbocycles. The Balaban J connectivity index is 1.16. The fourth-order valence-corrected chi connectivity index (χ4v) is 6.94. The Morgan fingerprint density at radius 3 is 2.31 bits per heavy atom. The van der Waals surface area contributed by atoms with Crippen molar-refractivity contribution in [2.45, 2.75) is 69.1 Å². The molecule has 3 aromatic rings. The minimum Gasteiger partial charge on any atom is -0.445 e. The highest BCUT2D eigenvalue weighted by Crippen LogP contribution is 2.43. The molecule has 5 rings (SSSR count). The molecule has 6 heteroatoms. The smallest absolute Gasteiger partial charge is 0.410 e. The van der Waals surface area contributed by atoms with Crippen LogP contribution in [0.25, 0.3) is 0 Å². The van der Waals surface area contributed by atoms with Gasteiger partial charge in [-0.15, -0.1) is 6.58 Å². The van der Waals surface area contributed by atoms with Crippen LogP contribution in [0.5, 0.6) is 0 Å². The van der Waals surface area contributed by atoms with Gasteiger partial charge in [-0.2, -0.15) is 0 Å². The van der Waals surface area contributed by atoms with Crippen LogP contribution in [0.3, 0.4) is 0 Å². The second-order valence-electron chi connectivity index (χ2n) is 12.0. The van der Waals surface area contributed by atoms with Gasteiger partial charge in [0.1, 0.15) is 6.61 Å². The van der Waals surface area contributed by atoms with Gasteiger partial charge in [-0.25, -0.2) is 4.79 Å². The van der Waals surface area contributed by atoms with Gasteiger partial charge in [0.15, 0.2) is 0 Å². The molecule has 6 nitrogen and oxygen atoms in total. The fourth-order valence-electron chi connectivity index (χ4n) is 6.94. The van der Waals surface area contributed by atoms with Crippen LogP contribution in [0, 0.1) is 0 Å². The van der Waals surface area contributed by atoms with Crippen molar-refractivity contribution in [3.05, 3.63) is 109 Å². The third-order valence-electron chi connectivity index (χ3n) is 9.55. The van der Waals surface area contributed by atoms with E-state index in [1.54, 1.807) is 0 Å². The van der Waals surface area contributed by atoms with E-state index in [2.05, 4.69) is 57.8 Å². The third-order valence-corrected chi connectivity index (χ3v) is 9.55. The summed E-state index contributed by atoms with van der Waals surface area (Å²) in [5, 5.41) is 0. The number of rotatable bonds is 11. The number of aromatic nitrogens is 1. The van der Waals surface area contributed by atoms with E-state index in [1.807, 2.05) is 66.8 Å². The summed E-state index contributed by atoms with van der Waals surface area (Å²) in [6.45, 7) is 8.50. The Kier molecular flexibility index (Phi) is 10.3. The molecule has 0 unspecified atom stereocenters. The monoisotopic (exact) mass is 566 g/mol. The third kappa shape index (κ3) is 7.40. The van der Waals surface area contributed by atoms with Crippen molar-refractivity contribution in [1.82, 2.24) is 14.8 Å². The van der Waals surface area contributed by atoms with Crippen molar-refractivity contribution in [2.24, 2.45) is 0 Å². The van der Waals surface area contributed by atoms with Gasteiger partial charge < -0.3 is 19.4 Å². The van der Waals surface area contributed by atoms with Crippen LogP contribution in [0.1, 0.15) is 56.1 Å². The first-order chi connectivity index (χ1) is 20.6. The minimum absolute atomic E-state index is 0.147. The number of ether oxygens (including phenoxy) is 1. The normalized spacial score (nSPS) is 21.4. The van der Waals surface area contributed by atoms with Gasteiger partial charge >= 0.3 is 6.09 Å². The van der Waals surface area contributed by atoms with Crippen molar-refractivity contribution < 1.29 is 9.53 Å². The molecule has 2 heterocycles. The van der Waals surface area contributed by atoms with E-state index in [9.17, 15) is 4.79 Å². The number of pyridine rings is 1. The lowest BCUT2D eigenvalue weighted by atomic mass is 9.66. The number of carbonyl (C=O) groups excluding carboxylic acids is 1. The highest BCUT2D eigenvalue weighted by molar-refractivity contribution is 5.67. The van der Waals surface area contributed by atoms with E-state index in [-0.39, 0.29) is 17.6 Å². The van der Waals surface area contributed by atoms with Crippen LogP contribution in [-0.2, 0) is 16.8 Å². The molecule has 0 spiro atoms. The van der Waals surface area contributed by atoms with Crippen LogP contribution in [0.2, 0.25) is 0 Å². The van der Waals surface area contributed by atoms with Crippen molar-refractivity contribution in [3.8, 4) is 0 Å². The molecule has 2 fully saturated rings. The molecule has 42 heavy (non-hydrogen) atoms. The van der Waals surface area contributed by atoms with Crippen molar-refractivity contribution in [2.75, 3.05) is 38.1 Å². The summed E-state index contributed by atoms with van der Waals surface area (Å²) in [5.74, 6) is 0. The van der Waals surface area contributed by atoms with Gasteiger partial charge in [0.25, 0.3) is 0 Å². The molecule has 0 atom stereocenters. The highest BCUT2D eigenvalue weighted by Gasteiger charge is 2.39. The van der Waals surface area contributed by atoms with E-state index in [0.717, 1.165) is 76.7 Å². The van der Waals surface area contributed by atoms with E-state index in [0.29, 0.717) is 12.6 Å². The minimum atomic E-state index is -0.226. The van der Waals surface area contributed by atoms with Crippen LogP contribution in [0.4, 0.5) is 10.5 Å². The van der Waals surface area contributed by atoms with Crippen LogP contribution >= 0.6 is 0 Å². The lowest BCUT2D eigenvalue weighted by Crippen LogP contribution is -2.47. The maximum atomic E-state index is 12.9. The van der Waals surface area contributed by atoms with Crippen molar-refractivity contribution in [1.29, 1.82) is 0 Å².